The van der Waals surface area contributed by atoms with Crippen LogP contribution in [0.3, 0.4) is 0 Å². The number of alkyl halides is 3. The van der Waals surface area contributed by atoms with Crippen LogP contribution in [-0.2, 0) is 12.6 Å². The minimum atomic E-state index is -4.56. The van der Waals surface area contributed by atoms with E-state index >= 15 is 0 Å². The Hall–Kier alpha value is -3.00. The van der Waals surface area contributed by atoms with Gasteiger partial charge >= 0.3 is 6.18 Å². The SMILES string of the molecule is Nc1c(Nc2ccc(Cl)c(C(F)(F)F)c2)ncnc1N1CCc2ccccc21. The number of anilines is 5. The highest BCUT2D eigenvalue weighted by atomic mass is 35.5. The van der Waals surface area contributed by atoms with E-state index in [2.05, 4.69) is 15.3 Å². The number of aromatic nitrogens is 2. The van der Waals surface area contributed by atoms with Gasteiger partial charge in [0.2, 0.25) is 0 Å². The molecule has 2 aromatic carbocycles. The van der Waals surface area contributed by atoms with E-state index < -0.39 is 11.7 Å². The molecule has 5 nitrogen and oxygen atoms in total. The van der Waals surface area contributed by atoms with Gasteiger partial charge in [-0.1, -0.05) is 29.8 Å². The lowest BCUT2D eigenvalue weighted by atomic mass is 10.2. The van der Waals surface area contributed by atoms with Gasteiger partial charge in [-0.25, -0.2) is 9.97 Å². The van der Waals surface area contributed by atoms with Crippen molar-refractivity contribution in [1.82, 2.24) is 9.97 Å². The molecule has 0 bridgehead atoms. The van der Waals surface area contributed by atoms with E-state index in [9.17, 15) is 13.2 Å². The van der Waals surface area contributed by atoms with Gasteiger partial charge in [-0.15, -0.1) is 0 Å². The van der Waals surface area contributed by atoms with Gasteiger partial charge in [-0.2, -0.15) is 13.2 Å². The van der Waals surface area contributed by atoms with Crippen LogP contribution in [0.1, 0.15) is 11.1 Å². The summed E-state index contributed by atoms with van der Waals surface area (Å²) in [6, 6.07) is 11.5. The van der Waals surface area contributed by atoms with Crippen molar-refractivity contribution < 1.29 is 13.2 Å². The zero-order valence-electron chi connectivity index (χ0n) is 14.5. The molecule has 0 fully saturated rings. The van der Waals surface area contributed by atoms with Crippen molar-refractivity contribution >= 4 is 40.3 Å². The summed E-state index contributed by atoms with van der Waals surface area (Å²) in [4.78, 5) is 10.3. The molecule has 3 aromatic rings. The molecule has 1 aromatic heterocycles. The molecular formula is C19H15ClF3N5. The molecule has 0 saturated heterocycles. The van der Waals surface area contributed by atoms with Crippen molar-refractivity contribution in [3.63, 3.8) is 0 Å². The highest BCUT2D eigenvalue weighted by molar-refractivity contribution is 6.31. The van der Waals surface area contributed by atoms with Crippen LogP contribution >= 0.6 is 11.6 Å². The second-order valence-electron chi connectivity index (χ2n) is 6.31. The number of halogens is 4. The maximum atomic E-state index is 13.1. The van der Waals surface area contributed by atoms with Gasteiger partial charge in [0, 0.05) is 17.9 Å². The summed E-state index contributed by atoms with van der Waals surface area (Å²) in [5, 5.41) is 2.47. The van der Waals surface area contributed by atoms with Crippen LogP contribution < -0.4 is 16.0 Å². The van der Waals surface area contributed by atoms with Crippen LogP contribution in [0.15, 0.2) is 48.8 Å². The van der Waals surface area contributed by atoms with Crippen LogP contribution in [0.5, 0.6) is 0 Å². The Bertz CT molecular complexity index is 1040. The third-order valence-corrected chi connectivity index (χ3v) is 4.87. The first-order chi connectivity index (χ1) is 13.3. The average Bonchev–Trinajstić information content (AvgIpc) is 3.08. The average molecular weight is 406 g/mol. The van der Waals surface area contributed by atoms with Gasteiger partial charge in [0.25, 0.3) is 0 Å². The fourth-order valence-electron chi connectivity index (χ4n) is 3.22. The number of para-hydroxylation sites is 1. The third kappa shape index (κ3) is 3.31. The lowest BCUT2D eigenvalue weighted by molar-refractivity contribution is -0.137. The first-order valence-electron chi connectivity index (χ1n) is 8.44. The van der Waals surface area contributed by atoms with Crippen molar-refractivity contribution in [2.45, 2.75) is 12.6 Å². The van der Waals surface area contributed by atoms with Crippen molar-refractivity contribution in [3.05, 3.63) is 64.9 Å². The number of nitrogens with two attached hydrogens (primary N) is 1. The normalized spacial score (nSPS) is 13.5. The highest BCUT2D eigenvalue weighted by Gasteiger charge is 2.33. The molecule has 0 atom stereocenters. The Kier molecular flexibility index (Phi) is 4.50. The van der Waals surface area contributed by atoms with Crippen molar-refractivity contribution in [1.29, 1.82) is 0 Å². The maximum absolute atomic E-state index is 13.1. The molecule has 3 N–H and O–H groups in total. The Morgan fingerprint density at radius 1 is 1.11 bits per heavy atom. The summed E-state index contributed by atoms with van der Waals surface area (Å²) in [6.07, 6.45) is -2.37. The summed E-state index contributed by atoms with van der Waals surface area (Å²) in [7, 11) is 0. The topological polar surface area (TPSA) is 67.1 Å². The highest BCUT2D eigenvalue weighted by Crippen LogP contribution is 2.39. The lowest BCUT2D eigenvalue weighted by Gasteiger charge is -2.21. The van der Waals surface area contributed by atoms with Gasteiger partial charge < -0.3 is 16.0 Å². The predicted octanol–water partition coefficient (Wildman–Crippen LogP) is 5.17. The van der Waals surface area contributed by atoms with Crippen molar-refractivity contribution in [2.24, 2.45) is 0 Å². The number of benzene rings is 2. The Balaban J connectivity index is 1.67. The van der Waals surface area contributed by atoms with Gasteiger partial charge in [0.05, 0.1) is 10.6 Å². The number of nitrogens with zero attached hydrogens (tertiary/aromatic N) is 3. The van der Waals surface area contributed by atoms with E-state index in [0.29, 0.717) is 12.4 Å². The van der Waals surface area contributed by atoms with E-state index in [1.54, 1.807) is 0 Å². The van der Waals surface area contributed by atoms with Gasteiger partial charge in [0.15, 0.2) is 11.6 Å². The monoisotopic (exact) mass is 405 g/mol. The molecule has 2 heterocycles. The van der Waals surface area contributed by atoms with Crippen LogP contribution in [0.4, 0.5) is 41.9 Å². The molecule has 0 aliphatic carbocycles. The smallest absolute Gasteiger partial charge is 0.393 e. The Morgan fingerprint density at radius 3 is 2.68 bits per heavy atom. The minimum Gasteiger partial charge on any atom is -0.393 e. The molecule has 0 radical (unpaired) electrons. The maximum Gasteiger partial charge on any atom is 0.417 e. The second kappa shape index (κ2) is 6.87. The number of rotatable bonds is 3. The largest absolute Gasteiger partial charge is 0.417 e. The molecule has 28 heavy (non-hydrogen) atoms. The zero-order valence-corrected chi connectivity index (χ0v) is 15.2. The van der Waals surface area contributed by atoms with Crippen LogP contribution in [-0.4, -0.2) is 16.5 Å². The molecule has 0 saturated carbocycles. The summed E-state index contributed by atoms with van der Waals surface area (Å²) >= 11 is 5.67. The predicted molar refractivity (Wildman–Crippen MR) is 103 cm³/mol. The first kappa shape index (κ1) is 18.4. The first-order valence-corrected chi connectivity index (χ1v) is 8.82. The van der Waals surface area contributed by atoms with E-state index in [1.165, 1.54) is 24.0 Å². The molecule has 1 aliphatic rings. The number of fused-ring (bicyclic) bond motifs is 1. The number of nitrogens with one attached hydrogen (secondary N) is 1. The van der Waals surface area contributed by atoms with Crippen molar-refractivity contribution in [3.8, 4) is 0 Å². The number of hydrogen-bond acceptors (Lipinski definition) is 5. The summed E-state index contributed by atoms with van der Waals surface area (Å²) in [5.41, 5.74) is 7.93. The fraction of sp³-hybridized carbons (Fsp3) is 0.158. The molecule has 0 unspecified atom stereocenters. The summed E-state index contributed by atoms with van der Waals surface area (Å²) < 4.78 is 39.3. The quantitative estimate of drug-likeness (QED) is 0.629. The van der Waals surface area contributed by atoms with Crippen LogP contribution in [0.2, 0.25) is 5.02 Å². The molecule has 0 spiro atoms. The Labute approximate surface area is 164 Å². The molecule has 144 valence electrons. The van der Waals surface area contributed by atoms with Gasteiger partial charge in [-0.05, 0) is 36.2 Å². The molecule has 4 rings (SSSR count). The Morgan fingerprint density at radius 2 is 1.89 bits per heavy atom. The fourth-order valence-corrected chi connectivity index (χ4v) is 3.44. The number of nitrogen functional groups attached to an aromatic ring is 1. The number of hydrogen-bond donors (Lipinski definition) is 2. The standard InChI is InChI=1S/C19H15ClF3N5/c20-14-6-5-12(9-13(14)19(21,22)23)27-17-16(24)18(26-10-25-17)28-8-7-11-3-1-2-4-15(11)28/h1-6,9-10H,7-8,24H2,(H,25,26,27). The minimum absolute atomic E-state index is 0.176. The van der Waals surface area contributed by atoms with Gasteiger partial charge in [-0.3, -0.25) is 0 Å². The summed E-state index contributed by atoms with van der Waals surface area (Å²) in [6.45, 7) is 0.708. The molecule has 9 heteroatoms. The van der Waals surface area contributed by atoms with Crippen LogP contribution in [0.25, 0.3) is 0 Å². The third-order valence-electron chi connectivity index (χ3n) is 4.54. The molecule has 0 amide bonds. The van der Waals surface area contributed by atoms with E-state index in [4.69, 9.17) is 17.3 Å². The van der Waals surface area contributed by atoms with Gasteiger partial charge in [0.1, 0.15) is 12.0 Å². The van der Waals surface area contributed by atoms with E-state index in [1.807, 2.05) is 29.2 Å². The molecule has 1 aliphatic heterocycles. The van der Waals surface area contributed by atoms with Crippen LogP contribution in [0, 0.1) is 0 Å². The molecular weight excluding hydrogens is 391 g/mol. The van der Waals surface area contributed by atoms with E-state index in [0.717, 1.165) is 18.2 Å². The van der Waals surface area contributed by atoms with E-state index in [-0.39, 0.29) is 22.2 Å². The summed E-state index contributed by atoms with van der Waals surface area (Å²) in [5.74, 6) is 0.734. The lowest BCUT2D eigenvalue weighted by Crippen LogP contribution is -2.17. The van der Waals surface area contributed by atoms with Crippen molar-refractivity contribution in [2.75, 3.05) is 22.5 Å². The second-order valence-corrected chi connectivity index (χ2v) is 6.71. The zero-order chi connectivity index (χ0) is 19.9.